The Bertz CT molecular complexity index is 328. The maximum absolute atomic E-state index is 10.3. The Morgan fingerprint density at radius 3 is 1.00 bits per heavy atom. The maximum Gasteiger partial charge on any atom is 1.00 e. The number of hydrogen-bond acceptors (Lipinski definition) is 5. The van der Waals surface area contributed by atoms with E-state index in [9.17, 15) is 14.4 Å². The number of aliphatic hydroxyl groups is 1. The molecule has 0 aliphatic heterocycles. The van der Waals surface area contributed by atoms with Crippen LogP contribution in [0.15, 0.2) is 0 Å². The second-order valence-electron chi connectivity index (χ2n) is 2.76. The van der Waals surface area contributed by atoms with Crippen LogP contribution in [0.2, 0.25) is 0 Å². The summed E-state index contributed by atoms with van der Waals surface area (Å²) in [7, 11) is 0. The van der Waals surface area contributed by atoms with Crippen molar-refractivity contribution in [2.24, 2.45) is 0 Å². The first-order chi connectivity index (χ1) is 7.51. The van der Waals surface area contributed by atoms with Gasteiger partial charge in [0.1, 0.15) is 0 Å². The molecule has 0 radical (unpaired) electrons. The standard InChI is InChI=1S/C6H8O7.CH2O3.CH3.4Na.3H/c7-3(8)1-6(13,5(11)12)2-4(9)10;2-1(3)4;;;;;;;;/h13H,1-2H2,(H,7,8)(H,9,10)(H,11,12);(H2,2,3,4);1H3;;;;;;;/q;;-1;4*+1;3*-1. The molecule has 0 spiro atoms. The minimum absolute atomic E-state index is 0. The van der Waals surface area contributed by atoms with Crippen LogP contribution < -0.4 is 118 Å². The van der Waals surface area contributed by atoms with Crippen molar-refractivity contribution in [2.45, 2.75) is 18.4 Å². The van der Waals surface area contributed by atoms with E-state index in [4.69, 9.17) is 35.4 Å². The summed E-state index contributed by atoms with van der Waals surface area (Å²) in [6, 6.07) is 0. The van der Waals surface area contributed by atoms with Crippen molar-refractivity contribution in [2.75, 3.05) is 0 Å². The molecule has 0 fully saturated rings. The fraction of sp³-hybridized carbons (Fsp3) is 0.375. The van der Waals surface area contributed by atoms with Crippen LogP contribution in [-0.2, 0) is 14.4 Å². The van der Waals surface area contributed by atoms with Gasteiger partial charge in [-0.2, -0.15) is 0 Å². The average molecular weight is 364 g/mol. The molecule has 0 aliphatic rings. The van der Waals surface area contributed by atoms with Crippen molar-refractivity contribution in [3.8, 4) is 0 Å². The van der Waals surface area contributed by atoms with Gasteiger partial charge < -0.3 is 42.3 Å². The van der Waals surface area contributed by atoms with Crippen molar-refractivity contribution in [1.29, 1.82) is 0 Å². The summed E-state index contributed by atoms with van der Waals surface area (Å²) in [6.07, 6.45) is -4.12. The molecule has 0 unspecified atom stereocenters. The average Bonchev–Trinajstić information content (AvgIpc) is 1.98. The third-order valence-electron chi connectivity index (χ3n) is 1.29. The zero-order chi connectivity index (χ0) is 14.2. The van der Waals surface area contributed by atoms with E-state index in [0.717, 1.165) is 0 Å². The number of rotatable bonds is 5. The minimum atomic E-state index is -2.74. The van der Waals surface area contributed by atoms with Gasteiger partial charge in [-0.05, 0) is 0 Å². The van der Waals surface area contributed by atoms with E-state index in [2.05, 4.69) is 0 Å². The van der Waals surface area contributed by atoms with Gasteiger partial charge in [-0.1, -0.05) is 0 Å². The Balaban J connectivity index is -0.0000000214. The number of hydrogen-bond donors (Lipinski definition) is 6. The van der Waals surface area contributed by atoms with Crippen LogP contribution in [0, 0.1) is 7.43 Å². The molecule has 112 valence electrons. The zero-order valence-corrected chi connectivity index (χ0v) is 21.2. The van der Waals surface area contributed by atoms with E-state index in [0.29, 0.717) is 0 Å². The summed E-state index contributed by atoms with van der Waals surface area (Å²) < 4.78 is 0. The minimum Gasteiger partial charge on any atom is -1.00 e. The fourth-order valence-electron chi connectivity index (χ4n) is 0.714. The summed E-state index contributed by atoms with van der Waals surface area (Å²) >= 11 is 0. The number of carboxylic acids is 3. The molecule has 0 bridgehead atoms. The third kappa shape index (κ3) is 29.6. The molecule has 0 aliphatic carbocycles. The van der Waals surface area contributed by atoms with Gasteiger partial charge in [0, 0.05) is 0 Å². The van der Waals surface area contributed by atoms with E-state index in [1.165, 1.54) is 0 Å². The summed E-state index contributed by atoms with van der Waals surface area (Å²) in [6.45, 7) is 0. The second kappa shape index (κ2) is 22.6. The fourth-order valence-corrected chi connectivity index (χ4v) is 0.714. The van der Waals surface area contributed by atoms with E-state index >= 15 is 0 Å². The van der Waals surface area contributed by atoms with Gasteiger partial charge in [-0.3, -0.25) is 9.59 Å². The molecule has 0 saturated carbocycles. The van der Waals surface area contributed by atoms with Crippen LogP contribution in [-0.4, -0.2) is 60.3 Å². The number of carboxylic acid groups (broad SMARTS) is 5. The molecule has 0 aromatic carbocycles. The second-order valence-corrected chi connectivity index (χ2v) is 2.76. The van der Waals surface area contributed by atoms with Gasteiger partial charge in [0.05, 0.1) is 12.8 Å². The smallest absolute Gasteiger partial charge is 1.00 e. The monoisotopic (exact) mass is 364 g/mol. The molecule has 22 heavy (non-hydrogen) atoms. The van der Waals surface area contributed by atoms with Gasteiger partial charge >= 0.3 is 142 Å². The molecule has 0 saturated heterocycles. The van der Waals surface area contributed by atoms with Crippen LogP contribution in [0.25, 0.3) is 0 Å². The number of aliphatic carboxylic acids is 3. The molecule has 0 atom stereocenters. The van der Waals surface area contributed by atoms with Gasteiger partial charge in [0.25, 0.3) is 0 Å². The van der Waals surface area contributed by atoms with E-state index in [-0.39, 0.29) is 130 Å². The van der Waals surface area contributed by atoms with Crippen LogP contribution >= 0.6 is 0 Å². The number of carbonyl (C=O) groups is 4. The summed E-state index contributed by atoms with van der Waals surface area (Å²) in [4.78, 5) is 39.0. The van der Waals surface area contributed by atoms with Crippen LogP contribution in [0.5, 0.6) is 0 Å². The predicted molar refractivity (Wildman–Crippen MR) is 57.5 cm³/mol. The normalized spacial score (nSPS) is 7.50. The molecule has 0 amide bonds. The first kappa shape index (κ1) is 43.8. The maximum atomic E-state index is 10.3. The van der Waals surface area contributed by atoms with Crippen molar-refractivity contribution >= 4 is 24.1 Å². The Hall–Kier alpha value is 1.64. The SMILES string of the molecule is O=C(O)CC(O)(CC(=O)O)C(=O)O.O=C(O)O.[CH3-].[H-].[H-].[H-].[Na+].[Na+].[Na+].[Na+]. The Kier molecular flexibility index (Phi) is 45.0. The van der Waals surface area contributed by atoms with E-state index in [1.807, 2.05) is 0 Å². The van der Waals surface area contributed by atoms with Crippen LogP contribution in [0.4, 0.5) is 4.79 Å². The van der Waals surface area contributed by atoms with Crippen LogP contribution in [0.1, 0.15) is 17.1 Å². The quantitative estimate of drug-likeness (QED) is 0.202. The van der Waals surface area contributed by atoms with E-state index < -0.39 is 42.5 Å². The summed E-state index contributed by atoms with van der Waals surface area (Å²) in [5.41, 5.74) is -2.74. The molecule has 0 heterocycles. The molecule has 0 aromatic heterocycles. The third-order valence-corrected chi connectivity index (χ3v) is 1.29. The Morgan fingerprint density at radius 1 is 0.727 bits per heavy atom. The molecule has 6 N–H and O–H groups in total. The van der Waals surface area contributed by atoms with Gasteiger partial charge in [-0.25, -0.2) is 9.59 Å². The predicted octanol–water partition coefficient (Wildman–Crippen LogP) is -12.2. The first-order valence-electron chi connectivity index (χ1n) is 3.82. The van der Waals surface area contributed by atoms with Crippen molar-refractivity contribution < 1.29 is 172 Å². The molecule has 0 rings (SSSR count). The molecular weight excluding hydrogens is 348 g/mol. The summed E-state index contributed by atoms with van der Waals surface area (Å²) in [5.74, 6) is -5.02. The molecule has 14 heteroatoms. The topological polar surface area (TPSA) is 190 Å². The van der Waals surface area contributed by atoms with Gasteiger partial charge in [0.15, 0.2) is 5.60 Å². The van der Waals surface area contributed by atoms with Crippen molar-refractivity contribution in [3.05, 3.63) is 7.43 Å². The zero-order valence-electron chi connectivity index (χ0n) is 16.2. The molecule has 0 aromatic rings. The molecular formula is C8H16Na4O10. The first-order valence-corrected chi connectivity index (χ1v) is 3.82. The van der Waals surface area contributed by atoms with Crippen molar-refractivity contribution in [3.63, 3.8) is 0 Å². The van der Waals surface area contributed by atoms with Crippen molar-refractivity contribution in [1.82, 2.24) is 0 Å². The molecule has 10 nitrogen and oxygen atoms in total. The van der Waals surface area contributed by atoms with Gasteiger partial charge in [0.2, 0.25) is 0 Å². The summed E-state index contributed by atoms with van der Waals surface area (Å²) in [5, 5.41) is 47.8. The Labute approximate surface area is 219 Å². The Morgan fingerprint density at radius 2 is 0.909 bits per heavy atom. The largest absolute Gasteiger partial charge is 1.00 e. The van der Waals surface area contributed by atoms with Crippen LogP contribution in [0.3, 0.4) is 0 Å². The van der Waals surface area contributed by atoms with Gasteiger partial charge in [-0.15, -0.1) is 0 Å². The van der Waals surface area contributed by atoms with E-state index in [1.54, 1.807) is 0 Å².